The molecule has 0 fully saturated rings. The van der Waals surface area contributed by atoms with Gasteiger partial charge in [-0.25, -0.2) is 4.79 Å². The molecule has 1 aliphatic heterocycles. The zero-order valence-electron chi connectivity index (χ0n) is 12.0. The van der Waals surface area contributed by atoms with Crippen LogP contribution in [-0.2, 0) is 22.4 Å². The van der Waals surface area contributed by atoms with Crippen LogP contribution in [0.25, 0.3) is 0 Å². The Morgan fingerprint density at radius 3 is 3.05 bits per heavy atom. The Morgan fingerprint density at radius 1 is 1.41 bits per heavy atom. The molecule has 2 aromatic rings. The summed E-state index contributed by atoms with van der Waals surface area (Å²) in [6.45, 7) is 2.05. The normalized spacial score (nSPS) is 16.8. The highest BCUT2D eigenvalue weighted by Crippen LogP contribution is 2.22. The van der Waals surface area contributed by atoms with Gasteiger partial charge in [-0.15, -0.1) is 10.2 Å². The van der Waals surface area contributed by atoms with Crippen LogP contribution in [0.3, 0.4) is 0 Å². The Kier molecular flexibility index (Phi) is 4.15. The number of esters is 1. The molecule has 1 aliphatic rings. The minimum absolute atomic E-state index is 0.369. The molecule has 6 nitrogen and oxygen atoms in total. The van der Waals surface area contributed by atoms with Crippen LogP contribution < -0.4 is 5.32 Å². The van der Waals surface area contributed by atoms with E-state index in [0.717, 1.165) is 23.4 Å². The highest BCUT2D eigenvalue weighted by atomic mass is 32.1. The van der Waals surface area contributed by atoms with Crippen LogP contribution in [0, 0.1) is 0 Å². The van der Waals surface area contributed by atoms with E-state index in [0.29, 0.717) is 17.1 Å². The van der Waals surface area contributed by atoms with Gasteiger partial charge >= 0.3 is 5.97 Å². The van der Waals surface area contributed by atoms with Gasteiger partial charge in [0.05, 0.1) is 5.56 Å². The summed E-state index contributed by atoms with van der Waals surface area (Å²) < 4.78 is 5.21. The standard InChI is InChI=1S/C15H15N3O3S/c1-2-5-12-17-18-15(22-12)16-13(19)11-8-9-6-3-4-7-10(9)14(20)21-11/h3-4,6-7,11H,2,5,8H2,1H3,(H,16,18,19). The van der Waals surface area contributed by atoms with Crippen LogP contribution in [0.2, 0.25) is 0 Å². The van der Waals surface area contributed by atoms with Crippen molar-refractivity contribution in [2.24, 2.45) is 0 Å². The van der Waals surface area contributed by atoms with E-state index in [1.165, 1.54) is 11.3 Å². The maximum absolute atomic E-state index is 12.2. The van der Waals surface area contributed by atoms with Crippen molar-refractivity contribution in [1.82, 2.24) is 10.2 Å². The van der Waals surface area contributed by atoms with Gasteiger partial charge in [0, 0.05) is 12.8 Å². The number of amides is 1. The molecule has 2 heterocycles. The third-order valence-corrected chi connectivity index (χ3v) is 4.24. The third-order valence-electron chi connectivity index (χ3n) is 3.35. The molecule has 22 heavy (non-hydrogen) atoms. The summed E-state index contributed by atoms with van der Waals surface area (Å²) in [4.78, 5) is 24.2. The number of hydrogen-bond acceptors (Lipinski definition) is 6. The Hall–Kier alpha value is -2.28. The van der Waals surface area contributed by atoms with E-state index >= 15 is 0 Å². The first-order chi connectivity index (χ1) is 10.7. The lowest BCUT2D eigenvalue weighted by Gasteiger charge is -2.23. The van der Waals surface area contributed by atoms with Gasteiger partial charge in [-0.1, -0.05) is 36.5 Å². The van der Waals surface area contributed by atoms with Crippen LogP contribution in [0.5, 0.6) is 0 Å². The number of nitrogens with one attached hydrogen (secondary N) is 1. The van der Waals surface area contributed by atoms with E-state index in [1.807, 2.05) is 12.1 Å². The van der Waals surface area contributed by atoms with E-state index < -0.39 is 12.1 Å². The second kappa shape index (κ2) is 6.23. The van der Waals surface area contributed by atoms with Gasteiger partial charge in [0.15, 0.2) is 6.10 Å². The van der Waals surface area contributed by atoms with Gasteiger partial charge in [-0.2, -0.15) is 0 Å². The summed E-state index contributed by atoms with van der Waals surface area (Å²) in [6.07, 6.45) is 1.34. The van der Waals surface area contributed by atoms with Crippen molar-refractivity contribution in [3.8, 4) is 0 Å². The lowest BCUT2D eigenvalue weighted by Crippen LogP contribution is -2.37. The van der Waals surface area contributed by atoms with E-state index in [-0.39, 0.29) is 5.91 Å². The second-order valence-corrected chi connectivity index (χ2v) is 6.06. The molecule has 0 saturated carbocycles. The van der Waals surface area contributed by atoms with Crippen molar-refractivity contribution in [1.29, 1.82) is 0 Å². The molecule has 7 heteroatoms. The Labute approximate surface area is 131 Å². The van der Waals surface area contributed by atoms with Crippen LogP contribution in [0.4, 0.5) is 5.13 Å². The summed E-state index contributed by atoms with van der Waals surface area (Å²) in [6, 6.07) is 7.15. The van der Waals surface area contributed by atoms with Gasteiger partial charge < -0.3 is 4.74 Å². The number of carbonyl (C=O) groups is 2. The van der Waals surface area contributed by atoms with Crippen molar-refractivity contribution >= 4 is 28.3 Å². The van der Waals surface area contributed by atoms with E-state index in [9.17, 15) is 9.59 Å². The maximum atomic E-state index is 12.2. The molecule has 0 radical (unpaired) electrons. The predicted molar refractivity (Wildman–Crippen MR) is 81.9 cm³/mol. The molecule has 1 aromatic heterocycles. The molecule has 1 N–H and O–H groups in total. The Bertz CT molecular complexity index is 714. The lowest BCUT2D eigenvalue weighted by atomic mass is 9.98. The summed E-state index contributed by atoms with van der Waals surface area (Å²) >= 11 is 1.34. The van der Waals surface area contributed by atoms with Gasteiger partial charge in [-0.05, 0) is 18.1 Å². The SMILES string of the molecule is CCCc1nnc(NC(=O)C2Cc3ccccc3C(=O)O2)s1. The maximum Gasteiger partial charge on any atom is 0.339 e. The first kappa shape index (κ1) is 14.6. The van der Waals surface area contributed by atoms with Crippen LogP contribution in [0.1, 0.15) is 34.3 Å². The summed E-state index contributed by atoms with van der Waals surface area (Å²) in [5.41, 5.74) is 1.34. The largest absolute Gasteiger partial charge is 0.448 e. The number of cyclic esters (lactones) is 1. The number of anilines is 1. The average molecular weight is 317 g/mol. The number of aryl methyl sites for hydroxylation is 1. The van der Waals surface area contributed by atoms with Crippen LogP contribution in [-0.4, -0.2) is 28.2 Å². The first-order valence-electron chi connectivity index (χ1n) is 7.09. The third kappa shape index (κ3) is 2.99. The molecule has 1 unspecified atom stereocenters. The Balaban J connectivity index is 1.69. The highest BCUT2D eigenvalue weighted by Gasteiger charge is 2.31. The molecule has 1 atom stereocenters. The number of hydrogen-bond donors (Lipinski definition) is 1. The summed E-state index contributed by atoms with van der Waals surface area (Å²) in [5, 5.41) is 11.9. The van der Waals surface area contributed by atoms with E-state index in [2.05, 4.69) is 22.4 Å². The quantitative estimate of drug-likeness (QED) is 0.874. The topological polar surface area (TPSA) is 81.2 Å². The van der Waals surface area contributed by atoms with Crippen molar-refractivity contribution < 1.29 is 14.3 Å². The van der Waals surface area contributed by atoms with Crippen LogP contribution >= 0.6 is 11.3 Å². The zero-order valence-corrected chi connectivity index (χ0v) is 12.9. The van der Waals surface area contributed by atoms with Crippen molar-refractivity contribution in [2.45, 2.75) is 32.3 Å². The number of aromatic nitrogens is 2. The summed E-state index contributed by atoms with van der Waals surface area (Å²) in [5.74, 6) is -0.840. The minimum atomic E-state index is -0.832. The molecule has 0 aliphatic carbocycles. The van der Waals surface area contributed by atoms with Crippen molar-refractivity contribution in [3.05, 3.63) is 40.4 Å². The predicted octanol–water partition coefficient (Wildman–Crippen LogP) is 2.21. The molecule has 0 saturated heterocycles. The number of benzene rings is 1. The number of ether oxygens (including phenoxy) is 1. The van der Waals surface area contributed by atoms with Crippen molar-refractivity contribution in [2.75, 3.05) is 5.32 Å². The molecule has 1 amide bonds. The second-order valence-electron chi connectivity index (χ2n) is 5.00. The molecule has 1 aromatic carbocycles. The number of nitrogens with zero attached hydrogens (tertiary/aromatic N) is 2. The number of rotatable bonds is 4. The minimum Gasteiger partial charge on any atom is -0.448 e. The molecule has 114 valence electrons. The fraction of sp³-hybridized carbons (Fsp3) is 0.333. The number of fused-ring (bicyclic) bond motifs is 1. The van der Waals surface area contributed by atoms with Crippen molar-refractivity contribution in [3.63, 3.8) is 0 Å². The van der Waals surface area contributed by atoms with Gasteiger partial charge in [-0.3, -0.25) is 10.1 Å². The highest BCUT2D eigenvalue weighted by molar-refractivity contribution is 7.15. The lowest BCUT2D eigenvalue weighted by molar-refractivity contribution is -0.125. The number of carbonyl (C=O) groups excluding carboxylic acids is 2. The average Bonchev–Trinajstić information content (AvgIpc) is 2.95. The molecule has 0 spiro atoms. The fourth-order valence-electron chi connectivity index (χ4n) is 2.28. The monoisotopic (exact) mass is 317 g/mol. The fourth-order valence-corrected chi connectivity index (χ4v) is 3.13. The molecular weight excluding hydrogens is 302 g/mol. The smallest absolute Gasteiger partial charge is 0.339 e. The molecule has 0 bridgehead atoms. The van der Waals surface area contributed by atoms with Gasteiger partial charge in [0.2, 0.25) is 5.13 Å². The van der Waals surface area contributed by atoms with Gasteiger partial charge in [0.25, 0.3) is 5.91 Å². The Morgan fingerprint density at radius 2 is 2.23 bits per heavy atom. The first-order valence-corrected chi connectivity index (χ1v) is 7.91. The van der Waals surface area contributed by atoms with E-state index in [4.69, 9.17) is 4.74 Å². The van der Waals surface area contributed by atoms with E-state index in [1.54, 1.807) is 12.1 Å². The molecular formula is C15H15N3O3S. The van der Waals surface area contributed by atoms with Gasteiger partial charge in [0.1, 0.15) is 5.01 Å². The van der Waals surface area contributed by atoms with Crippen LogP contribution in [0.15, 0.2) is 24.3 Å². The summed E-state index contributed by atoms with van der Waals surface area (Å²) in [7, 11) is 0. The zero-order chi connectivity index (χ0) is 15.5. The molecule has 3 rings (SSSR count).